The van der Waals surface area contributed by atoms with Crippen molar-refractivity contribution in [2.45, 2.75) is 23.8 Å². The van der Waals surface area contributed by atoms with E-state index >= 15 is 0 Å². The van der Waals surface area contributed by atoms with Crippen LogP contribution in [0.15, 0.2) is 53.4 Å². The van der Waals surface area contributed by atoms with Gasteiger partial charge in [0.15, 0.2) is 9.84 Å². The first-order valence-electron chi connectivity index (χ1n) is 8.87. The molecule has 27 heavy (non-hydrogen) atoms. The largest absolute Gasteiger partial charge is 0.465 e. The van der Waals surface area contributed by atoms with Crippen LogP contribution in [0.4, 0.5) is 11.4 Å². The molecule has 0 bridgehead atoms. The molecule has 2 aromatic rings. The van der Waals surface area contributed by atoms with Crippen LogP contribution in [0.25, 0.3) is 0 Å². The molecule has 1 heterocycles. The molecule has 0 unspecified atom stereocenters. The van der Waals surface area contributed by atoms with Gasteiger partial charge in [0.05, 0.1) is 17.6 Å². The summed E-state index contributed by atoms with van der Waals surface area (Å²) in [6.45, 7) is 1.76. The van der Waals surface area contributed by atoms with Gasteiger partial charge in [-0.2, -0.15) is 0 Å². The number of methoxy groups -OCH3 is 1. The van der Waals surface area contributed by atoms with E-state index in [1.54, 1.807) is 18.2 Å². The van der Waals surface area contributed by atoms with Gasteiger partial charge in [0.1, 0.15) is 0 Å². The van der Waals surface area contributed by atoms with Crippen LogP contribution in [0, 0.1) is 0 Å². The van der Waals surface area contributed by atoms with Crippen molar-refractivity contribution in [3.8, 4) is 0 Å². The van der Waals surface area contributed by atoms with Crippen LogP contribution in [0.1, 0.15) is 23.2 Å². The van der Waals surface area contributed by atoms with Crippen molar-refractivity contribution < 1.29 is 17.9 Å². The van der Waals surface area contributed by atoms with Gasteiger partial charge < -0.3 is 15.0 Å². The second-order valence-electron chi connectivity index (χ2n) is 6.74. The predicted octanol–water partition coefficient (Wildman–Crippen LogP) is 2.96. The molecule has 7 heteroatoms. The summed E-state index contributed by atoms with van der Waals surface area (Å²) in [6, 6.07) is 14.7. The fourth-order valence-corrected chi connectivity index (χ4v) is 3.91. The highest BCUT2D eigenvalue weighted by Crippen LogP contribution is 2.24. The molecule has 0 spiro atoms. The highest BCUT2D eigenvalue weighted by Gasteiger charge is 2.20. The summed E-state index contributed by atoms with van der Waals surface area (Å²) in [6.07, 6.45) is 3.13. The molecule has 6 nitrogen and oxygen atoms in total. The topological polar surface area (TPSA) is 75.7 Å². The van der Waals surface area contributed by atoms with Crippen LogP contribution in [-0.4, -0.2) is 46.9 Å². The Balaban J connectivity index is 1.58. The van der Waals surface area contributed by atoms with E-state index < -0.39 is 9.84 Å². The summed E-state index contributed by atoms with van der Waals surface area (Å²) in [7, 11) is -1.79. The Morgan fingerprint density at radius 2 is 1.78 bits per heavy atom. The molecule has 0 atom stereocenters. The quantitative estimate of drug-likeness (QED) is 0.794. The van der Waals surface area contributed by atoms with Gasteiger partial charge in [-0.25, -0.2) is 13.2 Å². The Kier molecular flexibility index (Phi) is 5.70. The molecule has 1 saturated heterocycles. The SMILES string of the molecule is COC(=O)c1cccc(NC2CCN(c3ccc(S(C)(=O)=O)cc3)CC2)c1. The number of sulfone groups is 1. The summed E-state index contributed by atoms with van der Waals surface area (Å²) >= 11 is 0. The normalized spacial score (nSPS) is 15.4. The second kappa shape index (κ2) is 8.00. The van der Waals surface area contributed by atoms with Gasteiger partial charge in [0.25, 0.3) is 0 Å². The van der Waals surface area contributed by atoms with Crippen molar-refractivity contribution in [2.75, 3.05) is 36.7 Å². The number of anilines is 2. The smallest absolute Gasteiger partial charge is 0.337 e. The maximum Gasteiger partial charge on any atom is 0.337 e. The van der Waals surface area contributed by atoms with Gasteiger partial charge in [-0.15, -0.1) is 0 Å². The molecule has 1 aliphatic rings. The standard InChI is InChI=1S/C20H24N2O4S/c1-26-20(23)15-4-3-5-17(14-15)21-16-10-12-22(13-11-16)18-6-8-19(9-7-18)27(2,24)25/h3-9,14,16,21H,10-13H2,1-2H3. The Hall–Kier alpha value is -2.54. The molecule has 0 aliphatic carbocycles. The Bertz CT molecular complexity index is 902. The lowest BCUT2D eigenvalue weighted by atomic mass is 10.0. The van der Waals surface area contributed by atoms with Gasteiger partial charge >= 0.3 is 5.97 Å². The van der Waals surface area contributed by atoms with Gasteiger partial charge in [-0.3, -0.25) is 0 Å². The van der Waals surface area contributed by atoms with Crippen LogP contribution in [0.2, 0.25) is 0 Å². The zero-order chi connectivity index (χ0) is 19.4. The maximum atomic E-state index is 11.6. The van der Waals surface area contributed by atoms with E-state index in [2.05, 4.69) is 10.2 Å². The van der Waals surface area contributed by atoms with Crippen molar-refractivity contribution in [1.29, 1.82) is 0 Å². The van der Waals surface area contributed by atoms with Gasteiger partial charge in [-0.05, 0) is 55.3 Å². The fraction of sp³-hybridized carbons (Fsp3) is 0.350. The first-order valence-corrected chi connectivity index (χ1v) is 10.8. The van der Waals surface area contributed by atoms with Crippen LogP contribution in [0.5, 0.6) is 0 Å². The van der Waals surface area contributed by atoms with Crippen molar-refractivity contribution in [3.63, 3.8) is 0 Å². The van der Waals surface area contributed by atoms with Crippen LogP contribution >= 0.6 is 0 Å². The Labute approximate surface area is 160 Å². The monoisotopic (exact) mass is 388 g/mol. The van der Waals surface area contributed by atoms with E-state index in [1.807, 2.05) is 30.3 Å². The number of ether oxygens (including phenoxy) is 1. The number of rotatable bonds is 5. The lowest BCUT2D eigenvalue weighted by Gasteiger charge is -2.34. The molecular weight excluding hydrogens is 364 g/mol. The number of nitrogens with one attached hydrogen (secondary N) is 1. The molecule has 144 valence electrons. The Morgan fingerprint density at radius 3 is 2.37 bits per heavy atom. The predicted molar refractivity (Wildman–Crippen MR) is 106 cm³/mol. The van der Waals surface area contributed by atoms with E-state index in [1.165, 1.54) is 13.4 Å². The van der Waals surface area contributed by atoms with Gasteiger partial charge in [0.2, 0.25) is 0 Å². The van der Waals surface area contributed by atoms with E-state index in [0.717, 1.165) is 37.3 Å². The zero-order valence-electron chi connectivity index (χ0n) is 15.5. The third-order valence-corrected chi connectivity index (χ3v) is 5.91. The zero-order valence-corrected chi connectivity index (χ0v) is 16.3. The first kappa shape index (κ1) is 19.2. The molecule has 2 aromatic carbocycles. The highest BCUT2D eigenvalue weighted by molar-refractivity contribution is 7.90. The minimum Gasteiger partial charge on any atom is -0.465 e. The van der Waals surface area contributed by atoms with Crippen LogP contribution < -0.4 is 10.2 Å². The van der Waals surface area contributed by atoms with Crippen molar-refractivity contribution >= 4 is 27.2 Å². The lowest BCUT2D eigenvalue weighted by molar-refractivity contribution is 0.0600. The highest BCUT2D eigenvalue weighted by atomic mass is 32.2. The van der Waals surface area contributed by atoms with Gasteiger partial charge in [-0.1, -0.05) is 6.07 Å². The summed E-state index contributed by atoms with van der Waals surface area (Å²) in [5, 5.41) is 3.49. The summed E-state index contributed by atoms with van der Waals surface area (Å²) < 4.78 is 27.9. The number of hydrogen-bond acceptors (Lipinski definition) is 6. The number of esters is 1. The van der Waals surface area contributed by atoms with Gasteiger partial charge in [0, 0.05) is 36.8 Å². The third-order valence-electron chi connectivity index (χ3n) is 4.78. The molecule has 3 rings (SSSR count). The first-order chi connectivity index (χ1) is 12.9. The lowest BCUT2D eigenvalue weighted by Crippen LogP contribution is -2.39. The molecule has 0 saturated carbocycles. The number of carbonyl (C=O) groups is 1. The minimum atomic E-state index is -3.17. The summed E-state index contributed by atoms with van der Waals surface area (Å²) in [5.74, 6) is -0.342. The molecule has 0 aromatic heterocycles. The molecule has 0 radical (unpaired) electrons. The molecule has 1 N–H and O–H groups in total. The summed E-state index contributed by atoms with van der Waals surface area (Å²) in [5.41, 5.74) is 2.48. The van der Waals surface area contributed by atoms with E-state index in [9.17, 15) is 13.2 Å². The fourth-order valence-electron chi connectivity index (χ4n) is 3.28. The van der Waals surface area contributed by atoms with Crippen LogP contribution in [-0.2, 0) is 14.6 Å². The average Bonchev–Trinajstić information content (AvgIpc) is 2.67. The number of benzene rings is 2. The number of nitrogens with zero attached hydrogens (tertiary/aromatic N) is 1. The summed E-state index contributed by atoms with van der Waals surface area (Å²) in [4.78, 5) is 14.2. The molecule has 1 fully saturated rings. The number of piperidine rings is 1. The number of hydrogen-bond donors (Lipinski definition) is 1. The second-order valence-corrected chi connectivity index (χ2v) is 8.76. The minimum absolute atomic E-state index is 0.324. The van der Waals surface area contributed by atoms with E-state index in [4.69, 9.17) is 4.74 Å². The molecule has 1 aliphatic heterocycles. The number of carbonyl (C=O) groups excluding carboxylic acids is 1. The Morgan fingerprint density at radius 1 is 1.11 bits per heavy atom. The van der Waals surface area contributed by atoms with Crippen molar-refractivity contribution in [2.24, 2.45) is 0 Å². The molecular formula is C20H24N2O4S. The van der Waals surface area contributed by atoms with E-state index in [-0.39, 0.29) is 5.97 Å². The average molecular weight is 388 g/mol. The molecule has 0 amide bonds. The maximum absolute atomic E-state index is 11.6. The van der Waals surface area contributed by atoms with Crippen molar-refractivity contribution in [1.82, 2.24) is 0 Å². The van der Waals surface area contributed by atoms with Crippen molar-refractivity contribution in [3.05, 3.63) is 54.1 Å². The van der Waals surface area contributed by atoms with E-state index in [0.29, 0.717) is 16.5 Å². The van der Waals surface area contributed by atoms with Crippen LogP contribution in [0.3, 0.4) is 0 Å². The third kappa shape index (κ3) is 4.80.